The molecule has 0 aliphatic carbocycles. The molecule has 3 amide bonds. The number of thiazole rings is 1. The highest BCUT2D eigenvalue weighted by atomic mass is 32.2. The van der Waals surface area contributed by atoms with E-state index in [4.69, 9.17) is 16.9 Å². The molecule has 2 saturated heterocycles. The molecular formula is C19H20N8O6S2. The molecule has 35 heavy (non-hydrogen) atoms. The first-order valence-electron chi connectivity index (χ1n) is 10.1. The molecule has 2 fully saturated rings. The number of β-lactam (4-membered cyclic amide) rings is 1. The predicted molar refractivity (Wildman–Crippen MR) is 126 cm³/mol. The van der Waals surface area contributed by atoms with E-state index < -0.39 is 34.9 Å². The van der Waals surface area contributed by atoms with Crippen molar-refractivity contribution in [1.29, 1.82) is 5.41 Å². The van der Waals surface area contributed by atoms with Gasteiger partial charge in [0.25, 0.3) is 11.8 Å². The number of carbonyl (C=O) groups excluding carboxylic acids is 3. The minimum Gasteiger partial charge on any atom is -0.477 e. The molecule has 0 radical (unpaired) electrons. The van der Waals surface area contributed by atoms with Gasteiger partial charge in [-0.15, -0.1) is 23.1 Å². The van der Waals surface area contributed by atoms with Gasteiger partial charge in [-0.2, -0.15) is 0 Å². The van der Waals surface area contributed by atoms with Gasteiger partial charge in [-0.3, -0.25) is 24.7 Å². The number of allylic oxidation sites excluding steroid dienone is 1. The number of carboxylic acid groups (broad SMARTS) is 1. The third-order valence-electron chi connectivity index (χ3n) is 5.49. The van der Waals surface area contributed by atoms with Crippen LogP contribution in [0.5, 0.6) is 0 Å². The van der Waals surface area contributed by atoms with E-state index in [1.54, 1.807) is 0 Å². The number of fused-ring (bicyclic) bond motifs is 1. The number of hydrogen-bond acceptors (Lipinski definition) is 11. The summed E-state index contributed by atoms with van der Waals surface area (Å²) in [6.45, 7) is 0.336. The van der Waals surface area contributed by atoms with Crippen molar-refractivity contribution in [3.8, 4) is 0 Å². The smallest absolute Gasteiger partial charge is 0.352 e. The van der Waals surface area contributed by atoms with E-state index in [1.807, 2.05) is 0 Å². The maximum absolute atomic E-state index is 12.8. The molecule has 3 aliphatic heterocycles. The molecule has 14 nitrogen and oxygen atoms in total. The average molecular weight is 521 g/mol. The minimum atomic E-state index is -1.35. The summed E-state index contributed by atoms with van der Waals surface area (Å²) in [7, 11) is 0. The lowest BCUT2D eigenvalue weighted by Crippen LogP contribution is -2.71. The summed E-state index contributed by atoms with van der Waals surface area (Å²) < 4.78 is 0. The van der Waals surface area contributed by atoms with E-state index in [1.165, 1.54) is 28.1 Å². The molecule has 0 unspecified atom stereocenters. The number of hydrogen-bond donors (Lipinski definition) is 6. The van der Waals surface area contributed by atoms with E-state index >= 15 is 0 Å². The van der Waals surface area contributed by atoms with E-state index in [2.05, 4.69) is 15.5 Å². The van der Waals surface area contributed by atoms with Crippen LogP contribution in [0.2, 0.25) is 0 Å². The average Bonchev–Trinajstić information content (AvgIpc) is 3.37. The number of amides is 3. The Balaban J connectivity index is 1.53. The number of nitrogens with two attached hydrogens (primary N) is 2. The van der Waals surface area contributed by atoms with Crippen molar-refractivity contribution in [2.75, 3.05) is 24.6 Å². The minimum absolute atomic E-state index is 0.0174. The molecule has 2 atom stereocenters. The molecule has 0 bridgehead atoms. The number of nitrogens with zero attached hydrogens (tertiary/aromatic N) is 4. The Labute approximate surface area is 205 Å². The Morgan fingerprint density at radius 2 is 2.14 bits per heavy atom. The van der Waals surface area contributed by atoms with Gasteiger partial charge >= 0.3 is 5.97 Å². The normalized spacial score (nSPS) is 23.4. The van der Waals surface area contributed by atoms with Gasteiger partial charge in [0.15, 0.2) is 10.8 Å². The molecule has 3 aliphatic rings. The second kappa shape index (κ2) is 9.38. The lowest BCUT2D eigenvalue weighted by Gasteiger charge is -2.49. The lowest BCUT2D eigenvalue weighted by molar-refractivity contribution is -0.150. The molecule has 184 valence electrons. The third kappa shape index (κ3) is 4.44. The summed E-state index contributed by atoms with van der Waals surface area (Å²) in [5, 5.41) is 32.7. The number of likely N-dealkylation sites (tertiary alicyclic amines) is 1. The van der Waals surface area contributed by atoms with Crippen molar-refractivity contribution in [1.82, 2.24) is 20.1 Å². The topological polar surface area (TPSA) is 228 Å². The number of anilines is 1. The number of nitrogens with one attached hydrogen (secondary N) is 2. The Morgan fingerprint density at radius 1 is 1.40 bits per heavy atom. The van der Waals surface area contributed by atoms with Gasteiger partial charge in [0, 0.05) is 23.3 Å². The SMILES string of the molecule is N=C(N)CN1CCC(=CC2=C(C(=O)O)N3C(=O)[C@@H](NC(=O)/C(=N\O)c4csc(N)n4)[C@H]3SC2)C1=O. The van der Waals surface area contributed by atoms with Crippen LogP contribution in [0.25, 0.3) is 0 Å². The Kier molecular flexibility index (Phi) is 6.49. The Bertz CT molecular complexity index is 1240. The number of thioether (sulfide) groups is 1. The van der Waals surface area contributed by atoms with Crippen molar-refractivity contribution in [3.63, 3.8) is 0 Å². The van der Waals surface area contributed by atoms with Gasteiger partial charge in [0.1, 0.15) is 28.6 Å². The highest BCUT2D eigenvalue weighted by Crippen LogP contribution is 2.41. The number of aromatic nitrogens is 1. The fraction of sp³-hybridized carbons (Fsp3) is 0.316. The van der Waals surface area contributed by atoms with Gasteiger partial charge in [-0.25, -0.2) is 9.78 Å². The molecule has 0 spiro atoms. The second-order valence-electron chi connectivity index (χ2n) is 7.73. The molecule has 4 rings (SSSR count). The number of nitrogen functional groups attached to an aromatic ring is 1. The first-order chi connectivity index (χ1) is 16.6. The van der Waals surface area contributed by atoms with Gasteiger partial charge in [-0.05, 0) is 18.1 Å². The van der Waals surface area contributed by atoms with E-state index in [9.17, 15) is 29.5 Å². The number of rotatable bonds is 7. The van der Waals surface area contributed by atoms with Gasteiger partial charge in [0.05, 0.1) is 6.54 Å². The highest BCUT2D eigenvalue weighted by molar-refractivity contribution is 8.00. The number of oxime groups is 1. The van der Waals surface area contributed by atoms with Crippen LogP contribution in [0.4, 0.5) is 5.13 Å². The van der Waals surface area contributed by atoms with Gasteiger partial charge < -0.3 is 32.0 Å². The first-order valence-corrected chi connectivity index (χ1v) is 12.0. The molecule has 0 saturated carbocycles. The number of amidine groups is 1. The first kappa shape index (κ1) is 24.2. The van der Waals surface area contributed by atoms with Crippen molar-refractivity contribution in [2.45, 2.75) is 17.8 Å². The quantitative estimate of drug-likeness (QED) is 0.0624. The monoisotopic (exact) mass is 520 g/mol. The van der Waals surface area contributed by atoms with Crippen LogP contribution in [-0.4, -0.2) is 90.6 Å². The number of carbonyl (C=O) groups is 4. The molecule has 1 aromatic heterocycles. The summed E-state index contributed by atoms with van der Waals surface area (Å²) in [4.78, 5) is 56.4. The summed E-state index contributed by atoms with van der Waals surface area (Å²) >= 11 is 2.26. The van der Waals surface area contributed by atoms with E-state index in [0.717, 1.165) is 16.2 Å². The van der Waals surface area contributed by atoms with Crippen LogP contribution in [0.1, 0.15) is 12.1 Å². The van der Waals surface area contributed by atoms with Crippen LogP contribution in [0, 0.1) is 5.41 Å². The van der Waals surface area contributed by atoms with Crippen molar-refractivity contribution < 1.29 is 29.5 Å². The predicted octanol–water partition coefficient (Wildman–Crippen LogP) is -1.26. The molecule has 4 heterocycles. The lowest BCUT2D eigenvalue weighted by atomic mass is 10.0. The second-order valence-corrected chi connectivity index (χ2v) is 9.73. The highest BCUT2D eigenvalue weighted by Gasteiger charge is 2.54. The van der Waals surface area contributed by atoms with Crippen LogP contribution < -0.4 is 16.8 Å². The zero-order valence-electron chi connectivity index (χ0n) is 17.9. The fourth-order valence-electron chi connectivity index (χ4n) is 3.94. The van der Waals surface area contributed by atoms with E-state index in [-0.39, 0.29) is 40.6 Å². The third-order valence-corrected chi connectivity index (χ3v) is 7.47. The maximum atomic E-state index is 12.8. The Hall–Kier alpha value is -3.92. The molecule has 1 aromatic rings. The number of carboxylic acids is 1. The fourth-order valence-corrected chi connectivity index (χ4v) is 5.79. The van der Waals surface area contributed by atoms with Crippen LogP contribution in [-0.2, 0) is 19.2 Å². The maximum Gasteiger partial charge on any atom is 0.352 e. The van der Waals surface area contributed by atoms with Crippen molar-refractivity contribution in [3.05, 3.63) is 34.0 Å². The van der Waals surface area contributed by atoms with Crippen molar-refractivity contribution >= 4 is 63.5 Å². The van der Waals surface area contributed by atoms with Crippen molar-refractivity contribution in [2.24, 2.45) is 10.9 Å². The molecular weight excluding hydrogens is 500 g/mol. The Morgan fingerprint density at radius 3 is 2.74 bits per heavy atom. The number of aliphatic carboxylic acids is 1. The van der Waals surface area contributed by atoms with E-state index in [0.29, 0.717) is 24.1 Å². The molecule has 8 N–H and O–H groups in total. The van der Waals surface area contributed by atoms with Gasteiger partial charge in [-0.1, -0.05) is 5.16 Å². The molecule has 16 heteroatoms. The van der Waals surface area contributed by atoms with Gasteiger partial charge in [0.2, 0.25) is 5.91 Å². The van der Waals surface area contributed by atoms with Crippen LogP contribution >= 0.6 is 23.1 Å². The zero-order valence-corrected chi connectivity index (χ0v) is 19.6. The zero-order chi connectivity index (χ0) is 25.4. The largest absolute Gasteiger partial charge is 0.477 e. The summed E-state index contributed by atoms with van der Waals surface area (Å²) in [6, 6.07) is -1.05. The summed E-state index contributed by atoms with van der Waals surface area (Å²) in [5.74, 6) is -3.20. The van der Waals surface area contributed by atoms with Crippen LogP contribution in [0.15, 0.2) is 33.5 Å². The summed E-state index contributed by atoms with van der Waals surface area (Å²) in [6.07, 6.45) is 1.82. The molecule has 0 aromatic carbocycles. The van der Waals surface area contributed by atoms with Crippen LogP contribution in [0.3, 0.4) is 0 Å². The standard InChI is InChI=1S/C19H20N8O6S2/c20-10(21)4-26-2-1-7(15(26)29)3-8-5-34-17-12(16(30)27(17)13(8)18(31)32)24-14(28)11(25-33)9-6-35-19(22)23-9/h3,6,12,17,33H,1-2,4-5H2,(H3,20,21)(H2,22,23)(H,24,28)(H,31,32)/b7-3?,25-11-/t12-,17-/m1/s1. The summed E-state index contributed by atoms with van der Waals surface area (Å²) in [5.41, 5.74) is 10.9.